The van der Waals surface area contributed by atoms with Crippen LogP contribution in [0.2, 0.25) is 0 Å². The molecule has 1 aromatic rings. The maximum absolute atomic E-state index is 5.56. The van der Waals surface area contributed by atoms with Crippen molar-refractivity contribution >= 4 is 0 Å². The van der Waals surface area contributed by atoms with E-state index in [4.69, 9.17) is 4.74 Å². The van der Waals surface area contributed by atoms with Crippen LogP contribution < -0.4 is 5.32 Å². The highest BCUT2D eigenvalue weighted by atomic mass is 16.5. The molecule has 2 aliphatic rings. The van der Waals surface area contributed by atoms with Gasteiger partial charge in [-0.15, -0.1) is 0 Å². The molecule has 0 radical (unpaired) electrons. The van der Waals surface area contributed by atoms with Crippen molar-refractivity contribution < 1.29 is 4.74 Å². The Hall–Kier alpha value is -0.860. The average molecular weight is 245 g/mol. The van der Waals surface area contributed by atoms with Crippen molar-refractivity contribution in [3.8, 4) is 0 Å². The Labute approximate surface area is 110 Å². The Kier molecular flexibility index (Phi) is 3.40. The Balaban J connectivity index is 1.74. The lowest BCUT2D eigenvalue weighted by molar-refractivity contribution is 0.00285. The molecular formula is C16H23NO. The molecule has 1 saturated heterocycles. The van der Waals surface area contributed by atoms with Crippen molar-refractivity contribution in [2.45, 2.75) is 25.2 Å². The Morgan fingerprint density at radius 2 is 1.94 bits per heavy atom. The first kappa shape index (κ1) is 12.2. The second-order valence-electron chi connectivity index (χ2n) is 5.86. The standard InChI is InChI=1S/C16H23NO/c1-17-12-16(7-9-18-10-8-16)15-11-14(15)13-5-3-2-4-6-13/h2-6,14-15,17H,7-12H2,1H3. The van der Waals surface area contributed by atoms with Crippen LogP contribution in [0.5, 0.6) is 0 Å². The van der Waals surface area contributed by atoms with Gasteiger partial charge in [-0.25, -0.2) is 0 Å². The highest BCUT2D eigenvalue weighted by Gasteiger charge is 2.52. The minimum absolute atomic E-state index is 0.480. The topological polar surface area (TPSA) is 21.3 Å². The first-order chi connectivity index (χ1) is 8.86. The molecule has 1 aliphatic carbocycles. The average Bonchev–Trinajstić information content (AvgIpc) is 3.22. The van der Waals surface area contributed by atoms with Gasteiger partial charge >= 0.3 is 0 Å². The van der Waals surface area contributed by atoms with Gasteiger partial charge in [0.05, 0.1) is 0 Å². The molecule has 1 heterocycles. The number of benzene rings is 1. The fourth-order valence-electron chi connectivity index (χ4n) is 3.75. The van der Waals surface area contributed by atoms with Gasteiger partial charge in [-0.3, -0.25) is 0 Å². The van der Waals surface area contributed by atoms with E-state index in [2.05, 4.69) is 42.7 Å². The minimum atomic E-state index is 0.480. The second-order valence-corrected chi connectivity index (χ2v) is 5.86. The van der Waals surface area contributed by atoms with E-state index in [1.807, 2.05) is 0 Å². The molecule has 0 bridgehead atoms. The number of ether oxygens (including phenoxy) is 1. The normalized spacial score (nSPS) is 30.1. The molecule has 2 unspecified atom stereocenters. The van der Waals surface area contributed by atoms with Crippen LogP contribution in [-0.2, 0) is 4.74 Å². The molecule has 1 aromatic carbocycles. The highest BCUT2D eigenvalue weighted by Crippen LogP contribution is 2.60. The zero-order valence-corrected chi connectivity index (χ0v) is 11.2. The Morgan fingerprint density at radius 1 is 1.22 bits per heavy atom. The molecule has 0 aromatic heterocycles. The Bertz CT molecular complexity index is 378. The maximum atomic E-state index is 5.56. The first-order valence-electron chi connectivity index (χ1n) is 7.13. The number of nitrogens with one attached hydrogen (secondary N) is 1. The smallest absolute Gasteiger partial charge is 0.0471 e. The van der Waals surface area contributed by atoms with Gasteiger partial charge in [0.2, 0.25) is 0 Å². The molecule has 1 saturated carbocycles. The molecule has 2 atom stereocenters. The maximum Gasteiger partial charge on any atom is 0.0471 e. The van der Waals surface area contributed by atoms with E-state index < -0.39 is 0 Å². The van der Waals surface area contributed by atoms with Crippen molar-refractivity contribution in [3.63, 3.8) is 0 Å². The van der Waals surface area contributed by atoms with E-state index >= 15 is 0 Å². The summed E-state index contributed by atoms with van der Waals surface area (Å²) in [4.78, 5) is 0. The lowest BCUT2D eigenvalue weighted by atomic mass is 9.74. The van der Waals surface area contributed by atoms with E-state index in [-0.39, 0.29) is 0 Å². The fraction of sp³-hybridized carbons (Fsp3) is 0.625. The van der Waals surface area contributed by atoms with Gasteiger partial charge in [-0.05, 0) is 49.1 Å². The summed E-state index contributed by atoms with van der Waals surface area (Å²) in [5.41, 5.74) is 2.01. The highest BCUT2D eigenvalue weighted by molar-refractivity contribution is 5.27. The van der Waals surface area contributed by atoms with Crippen molar-refractivity contribution in [1.82, 2.24) is 5.32 Å². The summed E-state index contributed by atoms with van der Waals surface area (Å²) in [6, 6.07) is 11.0. The largest absolute Gasteiger partial charge is 0.381 e. The van der Waals surface area contributed by atoms with E-state index in [0.717, 1.165) is 31.6 Å². The molecular weight excluding hydrogens is 222 g/mol. The van der Waals surface area contributed by atoms with Gasteiger partial charge in [0.25, 0.3) is 0 Å². The lowest BCUT2D eigenvalue weighted by Gasteiger charge is -2.38. The third kappa shape index (κ3) is 2.19. The zero-order chi connectivity index (χ0) is 12.4. The summed E-state index contributed by atoms with van der Waals surface area (Å²) in [5.74, 6) is 1.65. The van der Waals surface area contributed by atoms with Crippen molar-refractivity contribution in [3.05, 3.63) is 35.9 Å². The summed E-state index contributed by atoms with van der Waals surface area (Å²) < 4.78 is 5.56. The van der Waals surface area contributed by atoms with Gasteiger partial charge in [-0.2, -0.15) is 0 Å². The minimum Gasteiger partial charge on any atom is -0.381 e. The van der Waals surface area contributed by atoms with E-state index in [1.54, 1.807) is 0 Å². The van der Waals surface area contributed by atoms with Crippen LogP contribution in [0.1, 0.15) is 30.7 Å². The molecule has 1 aliphatic heterocycles. The van der Waals surface area contributed by atoms with Gasteiger partial charge in [-0.1, -0.05) is 30.3 Å². The van der Waals surface area contributed by atoms with Gasteiger partial charge in [0, 0.05) is 19.8 Å². The predicted molar refractivity (Wildman–Crippen MR) is 73.7 cm³/mol. The molecule has 2 fully saturated rings. The van der Waals surface area contributed by atoms with Crippen molar-refractivity contribution in [1.29, 1.82) is 0 Å². The number of rotatable bonds is 4. The Morgan fingerprint density at radius 3 is 2.61 bits per heavy atom. The van der Waals surface area contributed by atoms with Crippen LogP contribution in [0, 0.1) is 11.3 Å². The first-order valence-corrected chi connectivity index (χ1v) is 7.13. The lowest BCUT2D eigenvalue weighted by Crippen LogP contribution is -2.40. The third-order valence-electron chi connectivity index (χ3n) is 4.82. The molecule has 3 rings (SSSR count). The van der Waals surface area contributed by atoms with Gasteiger partial charge in [0.15, 0.2) is 0 Å². The number of hydrogen-bond donors (Lipinski definition) is 1. The summed E-state index contributed by atoms with van der Waals surface area (Å²) >= 11 is 0. The predicted octanol–water partition coefficient (Wildman–Crippen LogP) is 2.81. The van der Waals surface area contributed by atoms with Crippen LogP contribution in [0.4, 0.5) is 0 Å². The molecule has 1 N–H and O–H groups in total. The molecule has 2 heteroatoms. The monoisotopic (exact) mass is 245 g/mol. The van der Waals surface area contributed by atoms with E-state index in [0.29, 0.717) is 5.41 Å². The summed E-state index contributed by atoms with van der Waals surface area (Å²) in [7, 11) is 2.08. The zero-order valence-electron chi connectivity index (χ0n) is 11.2. The fourth-order valence-corrected chi connectivity index (χ4v) is 3.75. The summed E-state index contributed by atoms with van der Waals surface area (Å²) in [5, 5.41) is 3.42. The quantitative estimate of drug-likeness (QED) is 0.880. The molecule has 0 spiro atoms. The van der Waals surface area contributed by atoms with E-state index in [9.17, 15) is 0 Å². The van der Waals surface area contributed by atoms with Gasteiger partial charge in [0.1, 0.15) is 0 Å². The van der Waals surface area contributed by atoms with Crippen LogP contribution in [0.3, 0.4) is 0 Å². The van der Waals surface area contributed by atoms with Crippen molar-refractivity contribution in [2.24, 2.45) is 11.3 Å². The van der Waals surface area contributed by atoms with Gasteiger partial charge < -0.3 is 10.1 Å². The van der Waals surface area contributed by atoms with E-state index in [1.165, 1.54) is 24.8 Å². The molecule has 18 heavy (non-hydrogen) atoms. The van der Waals surface area contributed by atoms with Crippen LogP contribution in [0.15, 0.2) is 30.3 Å². The van der Waals surface area contributed by atoms with Crippen LogP contribution in [0.25, 0.3) is 0 Å². The van der Waals surface area contributed by atoms with Crippen molar-refractivity contribution in [2.75, 3.05) is 26.8 Å². The van der Waals surface area contributed by atoms with Crippen LogP contribution >= 0.6 is 0 Å². The third-order valence-corrected chi connectivity index (χ3v) is 4.82. The molecule has 2 nitrogen and oxygen atoms in total. The number of hydrogen-bond acceptors (Lipinski definition) is 2. The summed E-state index contributed by atoms with van der Waals surface area (Å²) in [6.45, 7) is 3.03. The second kappa shape index (κ2) is 5.02. The molecule has 0 amide bonds. The van der Waals surface area contributed by atoms with Crippen LogP contribution in [-0.4, -0.2) is 26.8 Å². The molecule has 98 valence electrons. The summed E-state index contributed by atoms with van der Waals surface area (Å²) in [6.07, 6.45) is 3.81. The SMILES string of the molecule is CNCC1(C2CC2c2ccccc2)CCOCC1.